The van der Waals surface area contributed by atoms with Crippen LogP contribution in [-0.2, 0) is 14.3 Å². The molecular formula is C13H19NO4. The van der Waals surface area contributed by atoms with Gasteiger partial charge in [0, 0.05) is 5.92 Å². The van der Waals surface area contributed by atoms with E-state index in [-0.39, 0.29) is 18.4 Å². The maximum absolute atomic E-state index is 12.2. The van der Waals surface area contributed by atoms with Crippen LogP contribution in [0.25, 0.3) is 0 Å². The summed E-state index contributed by atoms with van der Waals surface area (Å²) in [6, 6.07) is 0. The van der Waals surface area contributed by atoms with E-state index in [2.05, 4.69) is 0 Å². The van der Waals surface area contributed by atoms with E-state index < -0.39 is 11.6 Å². The minimum absolute atomic E-state index is 0.220. The Kier molecular flexibility index (Phi) is 2.62. The van der Waals surface area contributed by atoms with Gasteiger partial charge in [-0.3, -0.25) is 4.79 Å². The van der Waals surface area contributed by atoms with Crippen LogP contribution < -0.4 is 0 Å². The van der Waals surface area contributed by atoms with Gasteiger partial charge in [-0.1, -0.05) is 0 Å². The minimum Gasteiger partial charge on any atom is -0.480 e. The van der Waals surface area contributed by atoms with Crippen LogP contribution in [0.1, 0.15) is 26.2 Å². The van der Waals surface area contributed by atoms with Crippen LogP contribution >= 0.6 is 0 Å². The van der Waals surface area contributed by atoms with E-state index in [9.17, 15) is 9.59 Å². The third-order valence-electron chi connectivity index (χ3n) is 4.50. The normalized spacial score (nSPS) is 35.8. The fraction of sp³-hybridized carbons (Fsp3) is 0.846. The van der Waals surface area contributed by atoms with Crippen molar-refractivity contribution >= 4 is 11.9 Å². The molecule has 2 aliphatic carbocycles. The Hall–Kier alpha value is -1.10. The smallest absolute Gasteiger partial charge is 0.329 e. The summed E-state index contributed by atoms with van der Waals surface area (Å²) in [6.45, 7) is 2.65. The maximum atomic E-state index is 12.2. The van der Waals surface area contributed by atoms with Crippen molar-refractivity contribution < 1.29 is 19.4 Å². The molecule has 2 unspecified atom stereocenters. The average molecular weight is 253 g/mol. The van der Waals surface area contributed by atoms with Gasteiger partial charge in [0.2, 0.25) is 5.91 Å². The number of rotatable bonds is 4. The molecule has 0 spiro atoms. The van der Waals surface area contributed by atoms with Crippen molar-refractivity contribution in [3.8, 4) is 0 Å². The topological polar surface area (TPSA) is 66.8 Å². The zero-order chi connectivity index (χ0) is 12.9. The number of carbonyl (C=O) groups is 2. The highest BCUT2D eigenvalue weighted by Gasteiger charge is 2.51. The van der Waals surface area contributed by atoms with Gasteiger partial charge in [-0.2, -0.15) is 0 Å². The van der Waals surface area contributed by atoms with E-state index in [1.807, 2.05) is 11.8 Å². The molecule has 0 radical (unpaired) electrons. The van der Waals surface area contributed by atoms with Crippen LogP contribution in [0.3, 0.4) is 0 Å². The Bertz CT molecular complexity index is 378. The Labute approximate surface area is 106 Å². The molecule has 3 fully saturated rings. The average Bonchev–Trinajstić information content (AvgIpc) is 2.89. The second-order valence-electron chi connectivity index (χ2n) is 6.25. The molecule has 100 valence electrons. The summed E-state index contributed by atoms with van der Waals surface area (Å²) >= 11 is 0. The van der Waals surface area contributed by atoms with E-state index >= 15 is 0 Å². The van der Waals surface area contributed by atoms with Crippen molar-refractivity contribution in [2.24, 2.45) is 17.8 Å². The van der Waals surface area contributed by atoms with Gasteiger partial charge < -0.3 is 14.7 Å². The molecular weight excluding hydrogens is 234 g/mol. The molecule has 3 rings (SSSR count). The molecule has 5 heteroatoms. The maximum Gasteiger partial charge on any atom is 0.329 e. The molecule has 1 amide bonds. The zero-order valence-electron chi connectivity index (χ0n) is 10.6. The lowest BCUT2D eigenvalue weighted by atomic mass is 9.92. The van der Waals surface area contributed by atoms with E-state index in [0.29, 0.717) is 13.1 Å². The van der Waals surface area contributed by atoms with E-state index in [0.717, 1.165) is 24.7 Å². The molecule has 0 aromatic rings. The third-order valence-corrected chi connectivity index (χ3v) is 4.50. The molecule has 0 bridgehead atoms. The number of carboxylic acid groups (broad SMARTS) is 1. The predicted octanol–water partition coefficient (Wildman–Crippen LogP) is 0.735. The lowest BCUT2D eigenvalue weighted by Crippen LogP contribution is -2.64. The predicted molar refractivity (Wildman–Crippen MR) is 62.9 cm³/mol. The molecule has 3 aliphatic rings. The van der Waals surface area contributed by atoms with Crippen LogP contribution in [0, 0.1) is 17.8 Å². The number of aliphatic carboxylic acids is 1. The van der Waals surface area contributed by atoms with Crippen LogP contribution in [0.15, 0.2) is 0 Å². The third kappa shape index (κ3) is 2.11. The number of hydrogen-bond acceptors (Lipinski definition) is 3. The van der Waals surface area contributed by atoms with Crippen molar-refractivity contribution in [2.45, 2.75) is 31.8 Å². The van der Waals surface area contributed by atoms with Crippen molar-refractivity contribution in [3.63, 3.8) is 0 Å². The number of fused-ring (bicyclic) bond motifs is 1. The summed E-state index contributed by atoms with van der Waals surface area (Å²) < 4.78 is 5.31. The number of hydrogen-bond donors (Lipinski definition) is 1. The zero-order valence-corrected chi connectivity index (χ0v) is 10.6. The van der Waals surface area contributed by atoms with Crippen LogP contribution in [0.2, 0.25) is 0 Å². The molecule has 0 aromatic heterocycles. The number of nitrogens with zero attached hydrogens (tertiary/aromatic N) is 1. The lowest BCUT2D eigenvalue weighted by Gasteiger charge is -2.48. The Balaban J connectivity index is 1.46. The van der Waals surface area contributed by atoms with Crippen molar-refractivity contribution in [3.05, 3.63) is 0 Å². The highest BCUT2D eigenvalue weighted by molar-refractivity contribution is 5.80. The Morgan fingerprint density at radius 3 is 2.44 bits per heavy atom. The first kappa shape index (κ1) is 12.0. The quantitative estimate of drug-likeness (QED) is 0.802. The van der Waals surface area contributed by atoms with Gasteiger partial charge in [-0.05, 0) is 38.0 Å². The van der Waals surface area contributed by atoms with Crippen molar-refractivity contribution in [1.29, 1.82) is 0 Å². The van der Waals surface area contributed by atoms with E-state index in [4.69, 9.17) is 9.84 Å². The number of ether oxygens (including phenoxy) is 1. The number of amides is 1. The standard InChI is InChI=1S/C13H19NO4/c1-13(18-5-11(15)16)6-14(7-13)12(17)10-3-8-2-9(8)4-10/h8-10H,2-7H2,1H3,(H,15,16). The largest absolute Gasteiger partial charge is 0.480 e. The first-order valence-electron chi connectivity index (χ1n) is 6.61. The monoisotopic (exact) mass is 253 g/mol. The molecule has 1 N–H and O–H groups in total. The summed E-state index contributed by atoms with van der Waals surface area (Å²) in [4.78, 5) is 24.4. The first-order chi connectivity index (χ1) is 8.47. The van der Waals surface area contributed by atoms with Gasteiger partial charge in [-0.25, -0.2) is 4.79 Å². The van der Waals surface area contributed by atoms with Crippen molar-refractivity contribution in [2.75, 3.05) is 19.7 Å². The van der Waals surface area contributed by atoms with Crippen LogP contribution in [-0.4, -0.2) is 47.2 Å². The minimum atomic E-state index is -0.961. The summed E-state index contributed by atoms with van der Waals surface area (Å²) in [5.41, 5.74) is -0.463. The fourth-order valence-electron chi connectivity index (χ4n) is 3.42. The number of likely N-dealkylation sites (tertiary alicyclic amines) is 1. The van der Waals surface area contributed by atoms with E-state index in [1.54, 1.807) is 0 Å². The molecule has 1 saturated heterocycles. The molecule has 5 nitrogen and oxygen atoms in total. The SMILES string of the molecule is CC1(OCC(=O)O)CN(C(=O)C2CC3CC3C2)C1. The van der Waals surface area contributed by atoms with Gasteiger partial charge in [0.15, 0.2) is 0 Å². The highest BCUT2D eigenvalue weighted by Crippen LogP contribution is 2.54. The van der Waals surface area contributed by atoms with Gasteiger partial charge in [0.1, 0.15) is 12.2 Å². The molecule has 1 aliphatic heterocycles. The van der Waals surface area contributed by atoms with Crippen molar-refractivity contribution in [1.82, 2.24) is 4.90 Å². The summed E-state index contributed by atoms with van der Waals surface area (Å²) in [7, 11) is 0. The second-order valence-corrected chi connectivity index (χ2v) is 6.25. The Morgan fingerprint density at radius 2 is 1.89 bits per heavy atom. The van der Waals surface area contributed by atoms with Crippen LogP contribution in [0.5, 0.6) is 0 Å². The first-order valence-corrected chi connectivity index (χ1v) is 6.61. The van der Waals surface area contributed by atoms with Gasteiger partial charge in [-0.15, -0.1) is 0 Å². The summed E-state index contributed by atoms with van der Waals surface area (Å²) in [6.07, 6.45) is 3.45. The van der Waals surface area contributed by atoms with Crippen LogP contribution in [0.4, 0.5) is 0 Å². The number of carboxylic acids is 1. The summed E-state index contributed by atoms with van der Waals surface area (Å²) in [5.74, 6) is 1.14. The molecule has 2 atom stereocenters. The summed E-state index contributed by atoms with van der Waals surface area (Å²) in [5, 5.41) is 8.57. The fourth-order valence-corrected chi connectivity index (χ4v) is 3.42. The van der Waals surface area contributed by atoms with E-state index in [1.165, 1.54) is 6.42 Å². The second kappa shape index (κ2) is 3.95. The van der Waals surface area contributed by atoms with Gasteiger partial charge in [0.25, 0.3) is 0 Å². The van der Waals surface area contributed by atoms with Gasteiger partial charge in [0.05, 0.1) is 13.1 Å². The highest BCUT2D eigenvalue weighted by atomic mass is 16.5. The number of carbonyl (C=O) groups excluding carboxylic acids is 1. The van der Waals surface area contributed by atoms with Gasteiger partial charge >= 0.3 is 5.97 Å². The Morgan fingerprint density at radius 1 is 1.28 bits per heavy atom. The molecule has 18 heavy (non-hydrogen) atoms. The molecule has 0 aromatic carbocycles. The molecule has 1 heterocycles. The molecule has 2 saturated carbocycles. The lowest BCUT2D eigenvalue weighted by molar-refractivity contribution is -0.175.